The van der Waals surface area contributed by atoms with E-state index in [9.17, 15) is 4.79 Å². The average molecular weight is 264 g/mol. The molecule has 1 amide bonds. The number of ether oxygens (including phenoxy) is 1. The van der Waals surface area contributed by atoms with Gasteiger partial charge in [0.2, 0.25) is 5.88 Å². The minimum Gasteiger partial charge on any atom is -0.472 e. The van der Waals surface area contributed by atoms with Gasteiger partial charge in [-0.2, -0.15) is 0 Å². The lowest BCUT2D eigenvalue weighted by molar-refractivity contribution is 0.0948. The number of nitrogens with one attached hydrogen (secondary N) is 1. The van der Waals surface area contributed by atoms with Gasteiger partial charge in [0, 0.05) is 18.7 Å². The second-order valence-corrected chi connectivity index (χ2v) is 4.72. The molecule has 1 aromatic heterocycles. The summed E-state index contributed by atoms with van der Waals surface area (Å²) in [5.74, 6) is 0.200. The largest absolute Gasteiger partial charge is 0.472 e. The summed E-state index contributed by atoms with van der Waals surface area (Å²) in [5.41, 5.74) is 6.30. The van der Waals surface area contributed by atoms with E-state index in [4.69, 9.17) is 10.5 Å². The van der Waals surface area contributed by atoms with E-state index in [0.29, 0.717) is 18.1 Å². The molecule has 1 heterocycles. The smallest absolute Gasteiger partial charge is 0.271 e. The maximum absolute atomic E-state index is 11.5. The van der Waals surface area contributed by atoms with Crippen molar-refractivity contribution < 1.29 is 9.53 Å². The number of hydrogen-bond donors (Lipinski definition) is 2. The Kier molecular flexibility index (Phi) is 4.68. The second kappa shape index (κ2) is 6.47. The van der Waals surface area contributed by atoms with Gasteiger partial charge in [0.1, 0.15) is 6.10 Å². The van der Waals surface area contributed by atoms with Crippen LogP contribution in [0.1, 0.15) is 43.1 Å². The third-order valence-electron chi connectivity index (χ3n) is 3.24. The van der Waals surface area contributed by atoms with Crippen LogP contribution in [-0.2, 0) is 0 Å². The summed E-state index contributed by atoms with van der Waals surface area (Å²) in [4.78, 5) is 11.5. The van der Waals surface area contributed by atoms with Gasteiger partial charge in [-0.3, -0.25) is 4.79 Å². The van der Waals surface area contributed by atoms with Crippen LogP contribution in [0.5, 0.6) is 5.88 Å². The van der Waals surface area contributed by atoms with Crippen LogP contribution in [-0.4, -0.2) is 34.8 Å². The zero-order chi connectivity index (χ0) is 13.7. The maximum Gasteiger partial charge on any atom is 0.271 e. The highest BCUT2D eigenvalue weighted by Gasteiger charge is 2.23. The van der Waals surface area contributed by atoms with Crippen LogP contribution in [0, 0.1) is 0 Å². The highest BCUT2D eigenvalue weighted by atomic mass is 16.5. The predicted octanol–water partition coefficient (Wildman–Crippen LogP) is 0.875. The van der Waals surface area contributed by atoms with Crippen molar-refractivity contribution in [1.29, 1.82) is 0 Å². The van der Waals surface area contributed by atoms with Crippen LogP contribution in [0.3, 0.4) is 0 Å². The van der Waals surface area contributed by atoms with Gasteiger partial charge in [0.05, 0.1) is 0 Å². The molecular weight excluding hydrogens is 244 g/mol. The number of carbonyl (C=O) groups excluding carboxylic acids is 1. The van der Waals surface area contributed by atoms with E-state index in [1.807, 2.05) is 6.92 Å². The Labute approximate surface area is 112 Å². The number of amides is 1. The van der Waals surface area contributed by atoms with Crippen molar-refractivity contribution in [3.8, 4) is 5.88 Å². The first-order chi connectivity index (χ1) is 9.20. The molecule has 2 atom stereocenters. The second-order valence-electron chi connectivity index (χ2n) is 4.72. The van der Waals surface area contributed by atoms with Crippen molar-refractivity contribution in [3.63, 3.8) is 0 Å². The Morgan fingerprint density at radius 1 is 1.42 bits per heavy atom. The summed E-state index contributed by atoms with van der Waals surface area (Å²) in [6, 6.07) is 3.33. The monoisotopic (exact) mass is 264 g/mol. The SMILES string of the molecule is CCNC(=O)c1ccc(OC2CCCCC2N)nn1. The van der Waals surface area contributed by atoms with Gasteiger partial charge in [0.25, 0.3) is 5.91 Å². The van der Waals surface area contributed by atoms with E-state index in [2.05, 4.69) is 15.5 Å². The molecule has 6 nitrogen and oxygen atoms in total. The van der Waals surface area contributed by atoms with Crippen molar-refractivity contribution in [3.05, 3.63) is 17.8 Å². The van der Waals surface area contributed by atoms with Crippen LogP contribution in [0.15, 0.2) is 12.1 Å². The van der Waals surface area contributed by atoms with Gasteiger partial charge >= 0.3 is 0 Å². The molecule has 0 saturated heterocycles. The molecule has 6 heteroatoms. The number of nitrogens with two attached hydrogens (primary N) is 1. The number of hydrogen-bond acceptors (Lipinski definition) is 5. The van der Waals surface area contributed by atoms with Crippen LogP contribution >= 0.6 is 0 Å². The lowest BCUT2D eigenvalue weighted by Gasteiger charge is -2.28. The summed E-state index contributed by atoms with van der Waals surface area (Å²) in [7, 11) is 0. The van der Waals surface area contributed by atoms with E-state index in [0.717, 1.165) is 25.7 Å². The third-order valence-corrected chi connectivity index (χ3v) is 3.24. The number of aromatic nitrogens is 2. The molecule has 3 N–H and O–H groups in total. The van der Waals surface area contributed by atoms with Gasteiger partial charge in [0.15, 0.2) is 5.69 Å². The molecule has 1 aliphatic carbocycles. The predicted molar refractivity (Wildman–Crippen MR) is 70.9 cm³/mol. The molecule has 104 valence electrons. The van der Waals surface area contributed by atoms with Crippen molar-refractivity contribution in [2.75, 3.05) is 6.54 Å². The normalized spacial score (nSPS) is 22.8. The Hall–Kier alpha value is -1.69. The summed E-state index contributed by atoms with van der Waals surface area (Å²) < 4.78 is 5.73. The Morgan fingerprint density at radius 2 is 2.21 bits per heavy atom. The Balaban J connectivity index is 1.96. The molecule has 1 fully saturated rings. The van der Waals surface area contributed by atoms with Crippen LogP contribution < -0.4 is 15.8 Å². The molecule has 2 rings (SSSR count). The van der Waals surface area contributed by atoms with Crippen molar-refractivity contribution in [2.24, 2.45) is 5.73 Å². The van der Waals surface area contributed by atoms with Gasteiger partial charge in [-0.25, -0.2) is 0 Å². The first kappa shape index (κ1) is 13.7. The van der Waals surface area contributed by atoms with E-state index in [-0.39, 0.29) is 18.1 Å². The van der Waals surface area contributed by atoms with Gasteiger partial charge in [-0.05, 0) is 32.3 Å². The molecule has 1 saturated carbocycles. The Morgan fingerprint density at radius 3 is 2.84 bits per heavy atom. The standard InChI is InChI=1S/C13H20N4O2/c1-2-15-13(18)10-7-8-12(17-16-10)19-11-6-4-3-5-9(11)14/h7-9,11H,2-6,14H2,1H3,(H,15,18). The highest BCUT2D eigenvalue weighted by molar-refractivity contribution is 5.91. The van der Waals surface area contributed by atoms with Gasteiger partial charge in [-0.15, -0.1) is 10.2 Å². The fraction of sp³-hybridized carbons (Fsp3) is 0.615. The zero-order valence-electron chi connectivity index (χ0n) is 11.1. The molecule has 0 radical (unpaired) electrons. The van der Waals surface area contributed by atoms with Crippen LogP contribution in [0.25, 0.3) is 0 Å². The molecule has 1 aliphatic rings. The van der Waals surface area contributed by atoms with E-state index < -0.39 is 0 Å². The minimum absolute atomic E-state index is 0.00151. The maximum atomic E-state index is 11.5. The minimum atomic E-state index is -0.226. The van der Waals surface area contributed by atoms with Crippen LogP contribution in [0.2, 0.25) is 0 Å². The number of carbonyl (C=O) groups is 1. The lowest BCUT2D eigenvalue weighted by atomic mass is 9.93. The average Bonchev–Trinajstić information content (AvgIpc) is 2.42. The zero-order valence-corrected chi connectivity index (χ0v) is 11.1. The highest BCUT2D eigenvalue weighted by Crippen LogP contribution is 2.21. The van der Waals surface area contributed by atoms with E-state index >= 15 is 0 Å². The quantitative estimate of drug-likeness (QED) is 0.842. The molecular formula is C13H20N4O2. The summed E-state index contributed by atoms with van der Waals surface area (Å²) in [6.07, 6.45) is 4.21. The topological polar surface area (TPSA) is 90.1 Å². The van der Waals surface area contributed by atoms with Crippen LogP contribution in [0.4, 0.5) is 0 Å². The Bertz CT molecular complexity index is 421. The molecule has 0 aromatic carbocycles. The lowest BCUT2D eigenvalue weighted by Crippen LogP contribution is -2.41. The van der Waals surface area contributed by atoms with E-state index in [1.54, 1.807) is 12.1 Å². The molecule has 0 bridgehead atoms. The molecule has 19 heavy (non-hydrogen) atoms. The van der Waals surface area contributed by atoms with E-state index in [1.165, 1.54) is 0 Å². The molecule has 0 aliphatic heterocycles. The summed E-state index contributed by atoms with van der Waals surface area (Å²) in [5, 5.41) is 10.4. The first-order valence-corrected chi connectivity index (χ1v) is 6.75. The summed E-state index contributed by atoms with van der Waals surface area (Å²) in [6.45, 7) is 2.42. The summed E-state index contributed by atoms with van der Waals surface area (Å²) >= 11 is 0. The third kappa shape index (κ3) is 3.64. The fourth-order valence-corrected chi connectivity index (χ4v) is 2.18. The molecule has 2 unspecified atom stereocenters. The van der Waals surface area contributed by atoms with Crippen molar-refractivity contribution in [1.82, 2.24) is 15.5 Å². The van der Waals surface area contributed by atoms with Crippen molar-refractivity contribution in [2.45, 2.75) is 44.8 Å². The van der Waals surface area contributed by atoms with Gasteiger partial charge < -0.3 is 15.8 Å². The number of nitrogens with zero attached hydrogens (tertiary/aromatic N) is 2. The van der Waals surface area contributed by atoms with Gasteiger partial charge in [-0.1, -0.05) is 6.42 Å². The fourth-order valence-electron chi connectivity index (χ4n) is 2.18. The molecule has 1 aromatic rings. The molecule has 0 spiro atoms. The van der Waals surface area contributed by atoms with Crippen molar-refractivity contribution >= 4 is 5.91 Å². The number of rotatable bonds is 4. The first-order valence-electron chi connectivity index (χ1n) is 6.75.